The van der Waals surface area contributed by atoms with Crippen LogP contribution in [0, 0.1) is 12.8 Å². The van der Waals surface area contributed by atoms with E-state index in [1.54, 1.807) is 11.9 Å². The van der Waals surface area contributed by atoms with Gasteiger partial charge in [0.1, 0.15) is 5.82 Å². The van der Waals surface area contributed by atoms with Crippen LogP contribution in [0.25, 0.3) is 5.52 Å². The quantitative estimate of drug-likeness (QED) is 0.435. The van der Waals surface area contributed by atoms with Crippen LogP contribution in [-0.4, -0.2) is 83.1 Å². The third kappa shape index (κ3) is 5.80. The Balaban J connectivity index is 1.15. The van der Waals surface area contributed by atoms with Crippen LogP contribution < -0.4 is 15.1 Å². The van der Waals surface area contributed by atoms with Gasteiger partial charge in [-0.2, -0.15) is 5.10 Å². The fourth-order valence-corrected chi connectivity index (χ4v) is 5.79. The van der Waals surface area contributed by atoms with E-state index in [9.17, 15) is 9.59 Å². The third-order valence-corrected chi connectivity index (χ3v) is 8.06. The van der Waals surface area contributed by atoms with Crippen molar-refractivity contribution in [2.45, 2.75) is 44.9 Å². The fraction of sp³-hybridized carbons (Fsp3) is 0.536. The number of rotatable bonds is 9. The lowest BCUT2D eigenvalue weighted by Crippen LogP contribution is -2.41. The van der Waals surface area contributed by atoms with Crippen molar-refractivity contribution in [2.24, 2.45) is 5.92 Å². The number of aromatic nitrogens is 4. The van der Waals surface area contributed by atoms with Gasteiger partial charge in [-0.05, 0) is 75.9 Å². The molecule has 5 rings (SSSR count). The van der Waals surface area contributed by atoms with Gasteiger partial charge < -0.3 is 24.4 Å². The number of fused-ring (bicyclic) bond motifs is 1. The van der Waals surface area contributed by atoms with Gasteiger partial charge >= 0.3 is 0 Å². The number of piperidine rings is 2. The van der Waals surface area contributed by atoms with Gasteiger partial charge in [-0.1, -0.05) is 0 Å². The first-order chi connectivity index (χ1) is 18.6. The molecular weight excluding hydrogens is 480 g/mol. The van der Waals surface area contributed by atoms with Crippen LogP contribution in [0.1, 0.15) is 49.5 Å². The SMILES string of the molecule is CNC(=O)CCN(C=O)c1cccn2c(C3CCN(CC4CCN(c5ccc(C)nn5)CC4)CC3)ncc12. The molecule has 2 fully saturated rings. The standard InChI is InChI=1S/C28H38N8O2/c1-21-5-6-26(32-31-21)34-15-7-22(8-16-34)19-33-13-9-23(10-14-33)28-30-18-25-24(4-3-12-36(25)28)35(20-37)17-11-27(38)29-2/h3-6,12,18,20,22-23H,7-11,13-17,19H2,1-2H3,(H,29,38). The number of hydrogen-bond acceptors (Lipinski definition) is 7. The fourth-order valence-electron chi connectivity index (χ4n) is 5.79. The molecule has 38 heavy (non-hydrogen) atoms. The molecule has 0 aromatic carbocycles. The molecular formula is C28H38N8O2. The average Bonchev–Trinajstić information content (AvgIpc) is 3.39. The Kier molecular flexibility index (Phi) is 8.17. The molecule has 202 valence electrons. The van der Waals surface area contributed by atoms with Crippen molar-refractivity contribution in [1.82, 2.24) is 29.8 Å². The van der Waals surface area contributed by atoms with Gasteiger partial charge in [0, 0.05) is 51.8 Å². The highest BCUT2D eigenvalue weighted by Crippen LogP contribution is 2.31. The number of imidazole rings is 1. The first kappa shape index (κ1) is 26.1. The molecule has 3 aromatic heterocycles. The predicted molar refractivity (Wildman–Crippen MR) is 147 cm³/mol. The van der Waals surface area contributed by atoms with E-state index in [0.29, 0.717) is 12.5 Å². The van der Waals surface area contributed by atoms with Crippen LogP contribution in [-0.2, 0) is 9.59 Å². The van der Waals surface area contributed by atoms with E-state index in [-0.39, 0.29) is 12.3 Å². The zero-order valence-corrected chi connectivity index (χ0v) is 22.4. The topological polar surface area (TPSA) is 99.0 Å². The predicted octanol–water partition coefficient (Wildman–Crippen LogP) is 2.63. The third-order valence-electron chi connectivity index (χ3n) is 8.06. The van der Waals surface area contributed by atoms with Gasteiger partial charge in [0.25, 0.3) is 0 Å². The minimum atomic E-state index is -0.0871. The molecule has 0 aliphatic carbocycles. The molecule has 3 aromatic rings. The maximum Gasteiger partial charge on any atom is 0.221 e. The lowest BCUT2D eigenvalue weighted by molar-refractivity contribution is -0.120. The largest absolute Gasteiger partial charge is 0.359 e. The number of carbonyl (C=O) groups is 2. The normalized spacial score (nSPS) is 17.6. The van der Waals surface area contributed by atoms with E-state index in [2.05, 4.69) is 35.8 Å². The van der Waals surface area contributed by atoms with Gasteiger partial charge in [0.15, 0.2) is 5.82 Å². The lowest BCUT2D eigenvalue weighted by Gasteiger charge is -2.37. The van der Waals surface area contributed by atoms with Gasteiger partial charge in [-0.25, -0.2) is 4.98 Å². The van der Waals surface area contributed by atoms with Crippen molar-refractivity contribution in [2.75, 3.05) is 56.1 Å². The molecule has 1 N–H and O–H groups in total. The molecule has 0 saturated carbocycles. The number of nitrogens with zero attached hydrogens (tertiary/aromatic N) is 7. The molecule has 5 heterocycles. The van der Waals surface area contributed by atoms with Gasteiger partial charge in [-0.15, -0.1) is 5.10 Å². The summed E-state index contributed by atoms with van der Waals surface area (Å²) in [6.07, 6.45) is 9.48. The Morgan fingerprint density at radius 2 is 1.89 bits per heavy atom. The van der Waals surface area contributed by atoms with E-state index < -0.39 is 0 Å². The Labute approximate surface area is 224 Å². The van der Waals surface area contributed by atoms with E-state index in [1.165, 1.54) is 12.8 Å². The van der Waals surface area contributed by atoms with E-state index in [4.69, 9.17) is 4.98 Å². The van der Waals surface area contributed by atoms with Gasteiger partial charge in [-0.3, -0.25) is 9.59 Å². The first-order valence-electron chi connectivity index (χ1n) is 13.7. The van der Waals surface area contributed by atoms with Crippen LogP contribution in [0.3, 0.4) is 0 Å². The monoisotopic (exact) mass is 518 g/mol. The number of anilines is 2. The minimum absolute atomic E-state index is 0.0871. The Morgan fingerprint density at radius 1 is 1.11 bits per heavy atom. The Bertz CT molecular complexity index is 1230. The summed E-state index contributed by atoms with van der Waals surface area (Å²) in [4.78, 5) is 34.9. The van der Waals surface area contributed by atoms with Crippen molar-refractivity contribution in [3.63, 3.8) is 0 Å². The van der Waals surface area contributed by atoms with E-state index >= 15 is 0 Å². The highest BCUT2D eigenvalue weighted by molar-refractivity contribution is 5.86. The minimum Gasteiger partial charge on any atom is -0.359 e. The zero-order valence-electron chi connectivity index (χ0n) is 22.4. The average molecular weight is 519 g/mol. The highest BCUT2D eigenvalue weighted by Gasteiger charge is 2.28. The van der Waals surface area contributed by atoms with Crippen molar-refractivity contribution in [3.05, 3.63) is 48.2 Å². The summed E-state index contributed by atoms with van der Waals surface area (Å²) < 4.78 is 2.12. The zero-order chi connectivity index (χ0) is 26.5. The van der Waals surface area contributed by atoms with E-state index in [0.717, 1.165) is 86.4 Å². The molecule has 2 amide bonds. The summed E-state index contributed by atoms with van der Waals surface area (Å²) in [6, 6.07) is 7.98. The highest BCUT2D eigenvalue weighted by atomic mass is 16.2. The summed E-state index contributed by atoms with van der Waals surface area (Å²) in [5.41, 5.74) is 2.64. The van der Waals surface area contributed by atoms with Crippen molar-refractivity contribution in [1.29, 1.82) is 0 Å². The molecule has 10 nitrogen and oxygen atoms in total. The molecule has 0 atom stereocenters. The second-order valence-electron chi connectivity index (χ2n) is 10.5. The van der Waals surface area contributed by atoms with Crippen LogP contribution in [0.4, 0.5) is 11.5 Å². The summed E-state index contributed by atoms with van der Waals surface area (Å²) in [6.45, 7) is 7.71. The molecule has 10 heteroatoms. The number of nitrogens with one attached hydrogen (secondary N) is 1. The maximum absolute atomic E-state index is 11.8. The smallest absolute Gasteiger partial charge is 0.221 e. The first-order valence-corrected chi connectivity index (χ1v) is 13.7. The van der Waals surface area contributed by atoms with E-state index in [1.807, 2.05) is 37.5 Å². The number of amides is 2. The Hall–Kier alpha value is -3.53. The van der Waals surface area contributed by atoms with Crippen molar-refractivity contribution in [3.8, 4) is 0 Å². The molecule has 0 spiro atoms. The molecule has 2 aliphatic heterocycles. The molecule has 0 bridgehead atoms. The van der Waals surface area contributed by atoms with Gasteiger partial charge in [0.05, 0.1) is 23.1 Å². The van der Waals surface area contributed by atoms with Crippen LogP contribution in [0.5, 0.6) is 0 Å². The van der Waals surface area contributed by atoms with Crippen molar-refractivity contribution >= 4 is 29.3 Å². The molecule has 0 unspecified atom stereocenters. The summed E-state index contributed by atoms with van der Waals surface area (Å²) in [7, 11) is 1.60. The number of likely N-dealkylation sites (tertiary alicyclic amines) is 1. The number of aryl methyl sites for hydroxylation is 1. The molecule has 0 radical (unpaired) electrons. The van der Waals surface area contributed by atoms with Gasteiger partial charge in [0.2, 0.25) is 12.3 Å². The number of carbonyl (C=O) groups excluding carboxylic acids is 2. The summed E-state index contributed by atoms with van der Waals surface area (Å²) in [5.74, 6) is 3.08. The Morgan fingerprint density at radius 3 is 2.58 bits per heavy atom. The van der Waals surface area contributed by atoms with Crippen molar-refractivity contribution < 1.29 is 9.59 Å². The lowest BCUT2D eigenvalue weighted by atomic mass is 9.92. The van der Waals surface area contributed by atoms with Crippen LogP contribution >= 0.6 is 0 Å². The summed E-state index contributed by atoms with van der Waals surface area (Å²) in [5, 5.41) is 11.2. The second kappa shape index (κ2) is 11.9. The molecule has 2 aliphatic rings. The summed E-state index contributed by atoms with van der Waals surface area (Å²) >= 11 is 0. The van der Waals surface area contributed by atoms with Crippen LogP contribution in [0.2, 0.25) is 0 Å². The number of hydrogen-bond donors (Lipinski definition) is 1. The molecule has 2 saturated heterocycles. The number of pyridine rings is 1. The maximum atomic E-state index is 11.8. The van der Waals surface area contributed by atoms with Crippen LogP contribution in [0.15, 0.2) is 36.7 Å². The second-order valence-corrected chi connectivity index (χ2v) is 10.5.